The van der Waals surface area contributed by atoms with Gasteiger partial charge in [0.05, 0.1) is 17.3 Å². The highest BCUT2D eigenvalue weighted by Crippen LogP contribution is 2.31. The smallest absolute Gasteiger partial charge is 0.0723 e. The highest BCUT2D eigenvalue weighted by Gasteiger charge is 2.20. The first-order valence-electron chi connectivity index (χ1n) is 6.48. The summed E-state index contributed by atoms with van der Waals surface area (Å²) in [6, 6.07) is 10.2. The van der Waals surface area contributed by atoms with E-state index in [1.165, 1.54) is 0 Å². The fraction of sp³-hybridized carbons (Fsp3) is 0.400. The lowest BCUT2D eigenvalue weighted by Gasteiger charge is -2.22. The molecule has 2 rings (SSSR count). The standard InChI is InChI=1S/C15H19BrN2/c1-3-10(4-2)14(17)15-12(16)9-11-7-5-6-8-13(11)18-15/h5-10,14H,3-4,17H2,1-2H3. The third-order valence-electron chi connectivity index (χ3n) is 3.58. The van der Waals surface area contributed by atoms with E-state index in [4.69, 9.17) is 10.7 Å². The van der Waals surface area contributed by atoms with Gasteiger partial charge in [0.1, 0.15) is 0 Å². The van der Waals surface area contributed by atoms with Crippen LogP contribution in [-0.2, 0) is 0 Å². The zero-order valence-electron chi connectivity index (χ0n) is 10.9. The molecular formula is C15H19BrN2. The molecule has 0 radical (unpaired) electrons. The Kier molecular flexibility index (Phi) is 4.36. The molecule has 3 heteroatoms. The molecule has 0 aliphatic rings. The van der Waals surface area contributed by atoms with Gasteiger partial charge in [-0.1, -0.05) is 44.9 Å². The summed E-state index contributed by atoms with van der Waals surface area (Å²) in [5, 5.41) is 1.14. The summed E-state index contributed by atoms with van der Waals surface area (Å²) < 4.78 is 1.01. The van der Waals surface area contributed by atoms with Crippen molar-refractivity contribution in [3.63, 3.8) is 0 Å². The molecule has 1 aromatic heterocycles. The molecule has 2 N–H and O–H groups in total. The number of nitrogens with two attached hydrogens (primary N) is 1. The summed E-state index contributed by atoms with van der Waals surface area (Å²) in [6.07, 6.45) is 2.16. The predicted molar refractivity (Wildman–Crippen MR) is 80.4 cm³/mol. The molecule has 18 heavy (non-hydrogen) atoms. The van der Waals surface area contributed by atoms with Crippen molar-refractivity contribution in [3.8, 4) is 0 Å². The van der Waals surface area contributed by atoms with Gasteiger partial charge in [-0.3, -0.25) is 0 Å². The van der Waals surface area contributed by atoms with Gasteiger partial charge in [-0.25, -0.2) is 4.98 Å². The highest BCUT2D eigenvalue weighted by atomic mass is 79.9. The number of rotatable bonds is 4. The summed E-state index contributed by atoms with van der Waals surface area (Å²) in [7, 11) is 0. The molecular weight excluding hydrogens is 288 g/mol. The Labute approximate surface area is 117 Å². The lowest BCUT2D eigenvalue weighted by molar-refractivity contribution is 0.398. The number of hydrogen-bond donors (Lipinski definition) is 1. The molecule has 1 unspecified atom stereocenters. The quantitative estimate of drug-likeness (QED) is 0.907. The molecule has 1 aromatic carbocycles. The van der Waals surface area contributed by atoms with E-state index in [-0.39, 0.29) is 6.04 Å². The van der Waals surface area contributed by atoms with E-state index in [1.54, 1.807) is 0 Å². The summed E-state index contributed by atoms with van der Waals surface area (Å²) in [6.45, 7) is 4.37. The average molecular weight is 307 g/mol. The molecule has 0 spiro atoms. The van der Waals surface area contributed by atoms with Gasteiger partial charge in [0, 0.05) is 9.86 Å². The van der Waals surface area contributed by atoms with Crippen LogP contribution in [0.15, 0.2) is 34.8 Å². The van der Waals surface area contributed by atoms with E-state index in [0.717, 1.165) is 33.9 Å². The summed E-state index contributed by atoms with van der Waals surface area (Å²) in [5.74, 6) is 0.481. The maximum absolute atomic E-state index is 6.36. The number of hydrogen-bond acceptors (Lipinski definition) is 2. The minimum atomic E-state index is -0.000943. The zero-order chi connectivity index (χ0) is 13.1. The van der Waals surface area contributed by atoms with Gasteiger partial charge in [-0.2, -0.15) is 0 Å². The second-order valence-electron chi connectivity index (χ2n) is 4.65. The van der Waals surface area contributed by atoms with Crippen LogP contribution in [0, 0.1) is 5.92 Å². The van der Waals surface area contributed by atoms with Crippen LogP contribution >= 0.6 is 15.9 Å². The topological polar surface area (TPSA) is 38.9 Å². The minimum Gasteiger partial charge on any atom is -0.322 e. The molecule has 1 heterocycles. The summed E-state index contributed by atoms with van der Waals surface area (Å²) in [4.78, 5) is 4.72. The SMILES string of the molecule is CCC(CC)C(N)c1nc2ccccc2cc1Br. The van der Waals surface area contributed by atoms with Crippen LogP contribution in [-0.4, -0.2) is 4.98 Å². The Bertz CT molecular complexity index is 535. The zero-order valence-corrected chi connectivity index (χ0v) is 12.4. The normalized spacial score (nSPS) is 13.2. The monoisotopic (exact) mass is 306 g/mol. The Hall–Kier alpha value is -0.930. The molecule has 0 saturated carbocycles. The van der Waals surface area contributed by atoms with Gasteiger partial charge in [-0.15, -0.1) is 0 Å². The molecule has 2 nitrogen and oxygen atoms in total. The average Bonchev–Trinajstić information content (AvgIpc) is 2.39. The molecule has 0 fully saturated rings. The van der Waals surface area contributed by atoms with Gasteiger partial charge in [0.15, 0.2) is 0 Å². The molecule has 2 aromatic rings. The summed E-state index contributed by atoms with van der Waals surface area (Å²) in [5.41, 5.74) is 8.35. The first-order chi connectivity index (χ1) is 8.67. The maximum atomic E-state index is 6.36. The van der Waals surface area contributed by atoms with Crippen LogP contribution in [0.5, 0.6) is 0 Å². The van der Waals surface area contributed by atoms with E-state index in [1.807, 2.05) is 18.2 Å². The molecule has 96 valence electrons. The number of pyridine rings is 1. The van der Waals surface area contributed by atoms with E-state index in [0.29, 0.717) is 5.92 Å². The minimum absolute atomic E-state index is 0.000943. The number of benzene rings is 1. The highest BCUT2D eigenvalue weighted by molar-refractivity contribution is 9.10. The Morgan fingerprint density at radius 3 is 2.56 bits per heavy atom. The van der Waals surface area contributed by atoms with Gasteiger partial charge >= 0.3 is 0 Å². The first-order valence-corrected chi connectivity index (χ1v) is 7.27. The lowest BCUT2D eigenvalue weighted by Crippen LogP contribution is -2.22. The molecule has 1 atom stereocenters. The number of halogens is 1. The van der Waals surface area contributed by atoms with Crippen molar-refractivity contribution in [3.05, 3.63) is 40.5 Å². The van der Waals surface area contributed by atoms with Crippen molar-refractivity contribution in [2.45, 2.75) is 32.7 Å². The molecule has 0 saturated heterocycles. The summed E-state index contributed by atoms with van der Waals surface area (Å²) >= 11 is 3.60. The van der Waals surface area contributed by atoms with Gasteiger partial charge in [0.25, 0.3) is 0 Å². The molecule has 0 bridgehead atoms. The fourth-order valence-electron chi connectivity index (χ4n) is 2.36. The van der Waals surface area contributed by atoms with Gasteiger partial charge in [-0.05, 0) is 34.0 Å². The van der Waals surface area contributed by atoms with Crippen molar-refractivity contribution in [1.29, 1.82) is 0 Å². The molecule has 0 amide bonds. The molecule has 0 aliphatic heterocycles. The van der Waals surface area contributed by atoms with Gasteiger partial charge in [0.2, 0.25) is 0 Å². The van der Waals surface area contributed by atoms with E-state index >= 15 is 0 Å². The number of aromatic nitrogens is 1. The van der Waals surface area contributed by atoms with Crippen LogP contribution in [0.4, 0.5) is 0 Å². The molecule has 0 aliphatic carbocycles. The van der Waals surface area contributed by atoms with Crippen LogP contribution < -0.4 is 5.73 Å². The first kappa shape index (κ1) is 13.5. The van der Waals surface area contributed by atoms with E-state index in [2.05, 4.69) is 41.9 Å². The predicted octanol–water partition coefficient (Wildman–Crippen LogP) is 4.43. The second-order valence-corrected chi connectivity index (χ2v) is 5.50. The van der Waals surface area contributed by atoms with Crippen LogP contribution in [0.3, 0.4) is 0 Å². The number of para-hydroxylation sites is 1. The fourth-order valence-corrected chi connectivity index (χ4v) is 2.96. The number of fused-ring (bicyclic) bond motifs is 1. The van der Waals surface area contributed by atoms with Crippen LogP contribution in [0.2, 0.25) is 0 Å². The Morgan fingerprint density at radius 2 is 1.89 bits per heavy atom. The van der Waals surface area contributed by atoms with Crippen molar-refractivity contribution >= 4 is 26.8 Å². The lowest BCUT2D eigenvalue weighted by atomic mass is 9.92. The Morgan fingerprint density at radius 1 is 1.22 bits per heavy atom. The van der Waals surface area contributed by atoms with E-state index < -0.39 is 0 Å². The van der Waals surface area contributed by atoms with Crippen molar-refractivity contribution in [2.75, 3.05) is 0 Å². The Balaban J connectivity index is 2.47. The van der Waals surface area contributed by atoms with E-state index in [9.17, 15) is 0 Å². The van der Waals surface area contributed by atoms with Crippen molar-refractivity contribution < 1.29 is 0 Å². The van der Waals surface area contributed by atoms with Crippen molar-refractivity contribution in [1.82, 2.24) is 4.98 Å². The third kappa shape index (κ3) is 2.57. The third-order valence-corrected chi connectivity index (χ3v) is 4.21. The maximum Gasteiger partial charge on any atom is 0.0723 e. The second kappa shape index (κ2) is 5.81. The van der Waals surface area contributed by atoms with Crippen molar-refractivity contribution in [2.24, 2.45) is 11.7 Å². The van der Waals surface area contributed by atoms with Crippen LogP contribution in [0.25, 0.3) is 10.9 Å². The largest absolute Gasteiger partial charge is 0.322 e. The number of nitrogens with zero attached hydrogens (tertiary/aromatic N) is 1. The van der Waals surface area contributed by atoms with Gasteiger partial charge < -0.3 is 5.73 Å². The van der Waals surface area contributed by atoms with Crippen LogP contribution in [0.1, 0.15) is 38.4 Å².